The molecule has 0 saturated carbocycles. The molecule has 1 aromatic rings. The number of hydrogen-bond donors (Lipinski definition) is 0. The first-order valence-corrected chi connectivity index (χ1v) is 5.60. The molecule has 1 aromatic carbocycles. The Morgan fingerprint density at radius 3 is 3.06 bits per heavy atom. The van der Waals surface area contributed by atoms with E-state index in [1.54, 1.807) is 0 Å². The van der Waals surface area contributed by atoms with Crippen molar-refractivity contribution in [1.29, 1.82) is 0 Å². The summed E-state index contributed by atoms with van der Waals surface area (Å²) in [6.07, 6.45) is 5.82. The van der Waals surface area contributed by atoms with Gasteiger partial charge in [-0.05, 0) is 28.6 Å². The van der Waals surface area contributed by atoms with E-state index >= 15 is 0 Å². The van der Waals surface area contributed by atoms with Gasteiger partial charge in [0.05, 0.1) is 0 Å². The van der Waals surface area contributed by atoms with Crippen LogP contribution < -0.4 is 0 Å². The maximum Gasteiger partial charge on any atom is 0.137 e. The van der Waals surface area contributed by atoms with Gasteiger partial charge in [-0.2, -0.15) is 0 Å². The van der Waals surface area contributed by atoms with E-state index < -0.39 is 0 Å². The van der Waals surface area contributed by atoms with Crippen molar-refractivity contribution in [3.63, 3.8) is 0 Å². The predicted molar refractivity (Wildman–Crippen MR) is 66.5 cm³/mol. The molecule has 0 heterocycles. The molecule has 0 bridgehead atoms. The summed E-state index contributed by atoms with van der Waals surface area (Å²) in [6.45, 7) is 0.367. The number of fused-ring (bicyclic) bond motifs is 1. The summed E-state index contributed by atoms with van der Waals surface area (Å²) >= 11 is 0. The smallest absolute Gasteiger partial charge is 0.137 e. The summed E-state index contributed by atoms with van der Waals surface area (Å²) in [5, 5.41) is 3.43. The first kappa shape index (κ1) is 11.4. The predicted octanol–water partition coefficient (Wildman–Crippen LogP) is 3.07. The van der Waals surface area contributed by atoms with Crippen LogP contribution in [-0.4, -0.2) is 12.3 Å². The minimum atomic E-state index is 0.323. The molecular weight excluding hydrogens is 214 g/mol. The number of azide groups is 1. The normalized spacial score (nSPS) is 14.5. The van der Waals surface area contributed by atoms with Gasteiger partial charge in [0.2, 0.25) is 0 Å². The Labute approximate surface area is 99.6 Å². The van der Waals surface area contributed by atoms with Crippen LogP contribution in [0.3, 0.4) is 0 Å². The lowest BCUT2D eigenvalue weighted by molar-refractivity contribution is -0.118. The van der Waals surface area contributed by atoms with Crippen molar-refractivity contribution in [1.82, 2.24) is 0 Å². The first-order valence-electron chi connectivity index (χ1n) is 5.60. The second-order valence-electron chi connectivity index (χ2n) is 4.06. The maximum atomic E-state index is 11.3. The van der Waals surface area contributed by atoms with Crippen LogP contribution in [0.2, 0.25) is 0 Å². The molecule has 0 atom stereocenters. The molecule has 86 valence electrons. The molecule has 0 amide bonds. The Morgan fingerprint density at radius 2 is 2.24 bits per heavy atom. The van der Waals surface area contributed by atoms with E-state index in [4.69, 9.17) is 5.53 Å². The molecule has 0 unspecified atom stereocenters. The third-order valence-corrected chi connectivity index (χ3v) is 2.85. The Hall–Kier alpha value is -2.06. The van der Waals surface area contributed by atoms with Gasteiger partial charge >= 0.3 is 0 Å². The Balaban J connectivity index is 2.13. The van der Waals surface area contributed by atoms with Gasteiger partial charge in [0, 0.05) is 24.3 Å². The minimum absolute atomic E-state index is 0.323. The lowest BCUT2D eigenvalue weighted by Gasteiger charge is -2.14. The van der Waals surface area contributed by atoms with Crippen molar-refractivity contribution in [2.24, 2.45) is 5.11 Å². The number of aryl methyl sites for hydroxylation is 1. The number of Topliss-reactive ketones (excluding diaryl/α,β-unsaturated/α-hetero) is 1. The van der Waals surface area contributed by atoms with Gasteiger partial charge in [0.15, 0.2) is 0 Å². The van der Waals surface area contributed by atoms with Gasteiger partial charge in [-0.15, -0.1) is 0 Å². The zero-order valence-corrected chi connectivity index (χ0v) is 9.47. The molecule has 1 aliphatic rings. The third-order valence-electron chi connectivity index (χ3n) is 2.85. The van der Waals surface area contributed by atoms with Crippen molar-refractivity contribution in [3.05, 3.63) is 51.4 Å². The van der Waals surface area contributed by atoms with Gasteiger partial charge in [0.1, 0.15) is 5.78 Å². The Kier molecular flexibility index (Phi) is 3.58. The molecule has 0 aromatic heterocycles. The van der Waals surface area contributed by atoms with Gasteiger partial charge in [0.25, 0.3) is 0 Å². The SMILES string of the molecule is [N-]=[N+]=NCC=Cc1ccc2c(c1)CCC(=O)C2. The summed E-state index contributed by atoms with van der Waals surface area (Å²) in [6, 6.07) is 6.11. The molecule has 0 spiro atoms. The van der Waals surface area contributed by atoms with Crippen LogP contribution in [0.1, 0.15) is 23.1 Å². The van der Waals surface area contributed by atoms with Crippen LogP contribution in [0.4, 0.5) is 0 Å². The number of nitrogens with zero attached hydrogens (tertiary/aromatic N) is 3. The number of ketones is 1. The van der Waals surface area contributed by atoms with Crippen molar-refractivity contribution in [2.75, 3.05) is 6.54 Å². The Morgan fingerprint density at radius 1 is 1.35 bits per heavy atom. The molecule has 1 aliphatic carbocycles. The zero-order valence-electron chi connectivity index (χ0n) is 9.47. The topological polar surface area (TPSA) is 65.8 Å². The van der Waals surface area contributed by atoms with E-state index in [9.17, 15) is 4.79 Å². The van der Waals surface area contributed by atoms with E-state index in [-0.39, 0.29) is 0 Å². The molecule has 4 heteroatoms. The molecule has 0 aliphatic heterocycles. The zero-order chi connectivity index (χ0) is 12.1. The van der Waals surface area contributed by atoms with Gasteiger partial charge < -0.3 is 0 Å². The molecule has 0 N–H and O–H groups in total. The fourth-order valence-electron chi connectivity index (χ4n) is 2.00. The molecule has 0 radical (unpaired) electrons. The molecule has 0 fully saturated rings. The second-order valence-corrected chi connectivity index (χ2v) is 4.06. The van der Waals surface area contributed by atoms with Crippen LogP contribution in [0.15, 0.2) is 29.4 Å². The summed E-state index contributed by atoms with van der Waals surface area (Å²) in [4.78, 5) is 14.0. The van der Waals surface area contributed by atoms with Crippen molar-refractivity contribution < 1.29 is 4.79 Å². The highest BCUT2D eigenvalue weighted by Crippen LogP contribution is 2.21. The lowest BCUT2D eigenvalue weighted by Crippen LogP contribution is -2.13. The average molecular weight is 227 g/mol. The largest absolute Gasteiger partial charge is 0.299 e. The van der Waals surface area contributed by atoms with Crippen molar-refractivity contribution in [2.45, 2.75) is 19.3 Å². The quantitative estimate of drug-likeness (QED) is 0.444. The van der Waals surface area contributed by atoms with Gasteiger partial charge in [-0.1, -0.05) is 35.5 Å². The van der Waals surface area contributed by atoms with Gasteiger partial charge in [-0.3, -0.25) is 4.79 Å². The van der Waals surface area contributed by atoms with Crippen LogP contribution in [0.5, 0.6) is 0 Å². The van der Waals surface area contributed by atoms with Crippen molar-refractivity contribution in [3.8, 4) is 0 Å². The summed E-state index contributed by atoms with van der Waals surface area (Å²) < 4.78 is 0. The van der Waals surface area contributed by atoms with E-state index in [0.29, 0.717) is 25.2 Å². The van der Waals surface area contributed by atoms with Crippen molar-refractivity contribution >= 4 is 11.9 Å². The number of rotatable bonds is 3. The minimum Gasteiger partial charge on any atom is -0.299 e. The van der Waals surface area contributed by atoms with E-state index in [1.807, 2.05) is 24.3 Å². The highest BCUT2D eigenvalue weighted by Gasteiger charge is 2.14. The van der Waals surface area contributed by atoms with Crippen LogP contribution >= 0.6 is 0 Å². The molecule has 0 saturated heterocycles. The van der Waals surface area contributed by atoms with Crippen LogP contribution in [-0.2, 0) is 17.6 Å². The molecular formula is C13H13N3O. The summed E-state index contributed by atoms with van der Waals surface area (Å²) in [7, 11) is 0. The van der Waals surface area contributed by atoms with E-state index in [1.165, 1.54) is 5.56 Å². The fourth-order valence-corrected chi connectivity index (χ4v) is 2.00. The maximum absolute atomic E-state index is 11.3. The highest BCUT2D eigenvalue weighted by atomic mass is 16.1. The molecule has 2 rings (SSSR count). The van der Waals surface area contributed by atoms with Gasteiger partial charge in [-0.25, -0.2) is 0 Å². The summed E-state index contributed by atoms with van der Waals surface area (Å²) in [5.41, 5.74) is 11.6. The molecule has 4 nitrogen and oxygen atoms in total. The summed E-state index contributed by atoms with van der Waals surface area (Å²) in [5.74, 6) is 0.323. The highest BCUT2D eigenvalue weighted by molar-refractivity contribution is 5.83. The number of benzene rings is 1. The van der Waals surface area contributed by atoms with E-state index in [2.05, 4.69) is 16.1 Å². The number of hydrogen-bond acceptors (Lipinski definition) is 2. The number of carbonyl (C=O) groups excluding carboxylic acids is 1. The van der Waals surface area contributed by atoms with Crippen LogP contribution in [0.25, 0.3) is 16.5 Å². The van der Waals surface area contributed by atoms with Crippen LogP contribution in [0, 0.1) is 0 Å². The standard InChI is InChI=1S/C13H13N3O/c14-16-15-7-1-2-10-3-4-12-9-13(17)6-5-11(12)8-10/h1-4,8H,5-7,9H2. The lowest BCUT2D eigenvalue weighted by atomic mass is 9.89. The fraction of sp³-hybridized carbons (Fsp3) is 0.308. The number of carbonyl (C=O) groups is 1. The third kappa shape index (κ3) is 2.95. The Bertz CT molecular complexity index is 513. The molecule has 17 heavy (non-hydrogen) atoms. The average Bonchev–Trinajstić information content (AvgIpc) is 2.35. The monoisotopic (exact) mass is 227 g/mol. The second kappa shape index (κ2) is 5.32. The first-order chi connectivity index (χ1) is 8.29. The van der Waals surface area contributed by atoms with E-state index in [0.717, 1.165) is 17.5 Å².